The molecule has 11 heteroatoms. The van der Waals surface area contributed by atoms with Crippen LogP contribution in [-0.2, 0) is 20.9 Å². The van der Waals surface area contributed by atoms with Crippen LogP contribution in [0.1, 0.15) is 88.2 Å². The molecule has 0 unspecified atom stereocenters. The normalized spacial score (nSPS) is 21.1. The van der Waals surface area contributed by atoms with Crippen LogP contribution in [0.5, 0.6) is 0 Å². The van der Waals surface area contributed by atoms with Crippen LogP contribution < -0.4 is 10.6 Å². The zero-order valence-corrected chi connectivity index (χ0v) is 27.4. The average molecular weight is 625 g/mol. The third-order valence-corrected chi connectivity index (χ3v) is 9.67. The van der Waals surface area contributed by atoms with Crippen molar-refractivity contribution in [2.45, 2.75) is 84.7 Å². The Morgan fingerprint density at radius 3 is 2.33 bits per heavy atom. The second-order valence-electron chi connectivity index (χ2n) is 12.8. The van der Waals surface area contributed by atoms with Gasteiger partial charge in [-0.3, -0.25) is 23.9 Å². The fraction of sp³-hybridized carbons (Fsp3) is 0.618. The first-order valence-electron chi connectivity index (χ1n) is 16.4. The molecule has 1 aromatic heterocycles. The number of carbonyl (C=O) groups is 4. The second-order valence-corrected chi connectivity index (χ2v) is 12.8. The summed E-state index contributed by atoms with van der Waals surface area (Å²) in [7, 11) is 2.00. The topological polar surface area (TPSA) is 117 Å². The molecule has 246 valence electrons. The van der Waals surface area contributed by atoms with E-state index in [9.17, 15) is 19.2 Å². The number of hydrogen-bond donors (Lipinski definition) is 2. The third kappa shape index (κ3) is 8.56. The monoisotopic (exact) mass is 624 g/mol. The molecule has 2 fully saturated rings. The minimum atomic E-state index is -0.846. The number of nitrogens with one attached hydrogen (secondary N) is 2. The predicted molar refractivity (Wildman–Crippen MR) is 171 cm³/mol. The molecule has 1 aliphatic carbocycles. The molecule has 3 atom stereocenters. The van der Waals surface area contributed by atoms with Gasteiger partial charge in [0.2, 0.25) is 17.7 Å². The number of anilines is 1. The number of benzene rings is 1. The average Bonchev–Trinajstić information content (AvgIpc) is 3.53. The zero-order chi connectivity index (χ0) is 32.7. The molecular weight excluding hydrogens is 575 g/mol. The van der Waals surface area contributed by atoms with Crippen molar-refractivity contribution in [3.05, 3.63) is 47.5 Å². The quantitative estimate of drug-likeness (QED) is 0.337. The molecular formula is C34H49FN6O4. The summed E-state index contributed by atoms with van der Waals surface area (Å²) >= 11 is 0. The molecule has 3 amide bonds. The maximum absolute atomic E-state index is 15.6. The number of piperazine rings is 1. The van der Waals surface area contributed by atoms with Crippen molar-refractivity contribution in [1.29, 1.82) is 0 Å². The highest BCUT2D eigenvalue weighted by Crippen LogP contribution is 2.36. The van der Waals surface area contributed by atoms with E-state index in [-0.39, 0.29) is 48.0 Å². The van der Waals surface area contributed by atoms with Crippen molar-refractivity contribution >= 4 is 29.2 Å². The standard InChI is InChI=1S/C34H49FN6O4/c1-6-31(43)38-32(34(45)40-18-16-39(5)17-19-40)23(4)25-12-13-28(27(35)20-25)37-33(44)26(24-10-8-22(3)9-11-24)21-30(42)29-14-15-36-41(29)7-2/h12-15,20,22-24,26,32H,6-11,16-19,21H2,1-5H3,(H,37,44)(H,38,43)/t22?,23-,24?,26+,32+/m1/s1. The smallest absolute Gasteiger partial charge is 0.245 e. The van der Waals surface area contributed by atoms with Gasteiger partial charge >= 0.3 is 0 Å². The van der Waals surface area contributed by atoms with Crippen LogP contribution in [0.2, 0.25) is 0 Å². The van der Waals surface area contributed by atoms with Gasteiger partial charge in [-0.2, -0.15) is 5.10 Å². The summed E-state index contributed by atoms with van der Waals surface area (Å²) in [5.74, 6) is -2.11. The van der Waals surface area contributed by atoms with E-state index >= 15 is 4.39 Å². The van der Waals surface area contributed by atoms with E-state index in [2.05, 4.69) is 27.6 Å². The van der Waals surface area contributed by atoms with Crippen LogP contribution in [0, 0.1) is 23.6 Å². The lowest BCUT2D eigenvalue weighted by molar-refractivity contribution is -0.138. The number of Topliss-reactive ketones (excluding diaryl/α,β-unsaturated/α-hetero) is 1. The lowest BCUT2D eigenvalue weighted by Gasteiger charge is -2.36. The number of likely N-dealkylation sites (N-methyl/N-ethyl adjacent to an activating group) is 1. The number of halogens is 1. The fourth-order valence-corrected chi connectivity index (χ4v) is 6.52. The Kier molecular flexibility index (Phi) is 11.9. The predicted octanol–water partition coefficient (Wildman–Crippen LogP) is 4.47. The van der Waals surface area contributed by atoms with Gasteiger partial charge in [0.1, 0.15) is 17.6 Å². The highest BCUT2D eigenvalue weighted by atomic mass is 19.1. The van der Waals surface area contributed by atoms with Crippen molar-refractivity contribution in [3.8, 4) is 0 Å². The molecule has 0 spiro atoms. The summed E-state index contributed by atoms with van der Waals surface area (Å²) < 4.78 is 17.3. The van der Waals surface area contributed by atoms with E-state index in [1.807, 2.05) is 14.0 Å². The van der Waals surface area contributed by atoms with Crippen molar-refractivity contribution in [2.24, 2.45) is 17.8 Å². The number of amides is 3. The van der Waals surface area contributed by atoms with E-state index in [1.165, 1.54) is 12.1 Å². The van der Waals surface area contributed by atoms with Gasteiger partial charge < -0.3 is 20.4 Å². The molecule has 1 saturated carbocycles. The molecule has 10 nitrogen and oxygen atoms in total. The number of carbonyl (C=O) groups excluding carboxylic acids is 4. The van der Waals surface area contributed by atoms with Crippen LogP contribution in [0.3, 0.4) is 0 Å². The van der Waals surface area contributed by atoms with Crippen LogP contribution in [0.15, 0.2) is 30.5 Å². The van der Waals surface area contributed by atoms with E-state index in [0.29, 0.717) is 36.8 Å². The lowest BCUT2D eigenvalue weighted by atomic mass is 9.74. The zero-order valence-electron chi connectivity index (χ0n) is 27.4. The van der Waals surface area contributed by atoms with Gasteiger partial charge in [-0.25, -0.2) is 4.39 Å². The van der Waals surface area contributed by atoms with Crippen LogP contribution in [0.4, 0.5) is 10.1 Å². The molecule has 4 rings (SSSR count). The van der Waals surface area contributed by atoms with Crippen molar-refractivity contribution in [1.82, 2.24) is 24.9 Å². The van der Waals surface area contributed by atoms with E-state index in [0.717, 1.165) is 38.8 Å². The summed E-state index contributed by atoms with van der Waals surface area (Å²) in [6.07, 6.45) is 5.49. The molecule has 0 bridgehead atoms. The SMILES string of the molecule is CCC(=O)N[C@H](C(=O)N1CCN(C)CC1)[C@H](C)c1ccc(NC(=O)[C@@H](CC(=O)c2ccnn2CC)C2CCC(C)CC2)c(F)c1. The van der Waals surface area contributed by atoms with Crippen LogP contribution >= 0.6 is 0 Å². The summed E-state index contributed by atoms with van der Waals surface area (Å²) in [6.45, 7) is 10.8. The number of rotatable bonds is 12. The van der Waals surface area contributed by atoms with Crippen LogP contribution in [0.25, 0.3) is 0 Å². The third-order valence-electron chi connectivity index (χ3n) is 9.67. The highest BCUT2D eigenvalue weighted by Gasteiger charge is 2.35. The Bertz CT molecular complexity index is 1350. The van der Waals surface area contributed by atoms with Crippen molar-refractivity contribution < 1.29 is 23.6 Å². The largest absolute Gasteiger partial charge is 0.344 e. The van der Waals surface area contributed by atoms with Crippen molar-refractivity contribution in [3.63, 3.8) is 0 Å². The number of aryl methyl sites for hydroxylation is 1. The molecule has 45 heavy (non-hydrogen) atoms. The van der Waals surface area contributed by atoms with Gasteiger partial charge in [0.05, 0.1) is 5.69 Å². The van der Waals surface area contributed by atoms with Gasteiger partial charge in [0.25, 0.3) is 0 Å². The molecule has 1 aliphatic heterocycles. The Morgan fingerprint density at radius 1 is 1.02 bits per heavy atom. The molecule has 2 N–H and O–H groups in total. The highest BCUT2D eigenvalue weighted by molar-refractivity contribution is 6.00. The minimum Gasteiger partial charge on any atom is -0.344 e. The van der Waals surface area contributed by atoms with E-state index < -0.39 is 23.7 Å². The fourth-order valence-electron chi connectivity index (χ4n) is 6.52. The maximum atomic E-state index is 15.6. The van der Waals surface area contributed by atoms with Gasteiger partial charge in [-0.05, 0) is 62.4 Å². The number of ketones is 1. The Hall–Kier alpha value is -3.60. The summed E-state index contributed by atoms with van der Waals surface area (Å²) in [5, 5.41) is 9.84. The van der Waals surface area contributed by atoms with Gasteiger partial charge in [-0.15, -0.1) is 0 Å². The second kappa shape index (κ2) is 15.6. The number of hydrogen-bond acceptors (Lipinski definition) is 6. The molecule has 1 aromatic carbocycles. The van der Waals surface area contributed by atoms with Crippen molar-refractivity contribution in [2.75, 3.05) is 38.5 Å². The Morgan fingerprint density at radius 2 is 1.71 bits per heavy atom. The molecule has 1 saturated heterocycles. The van der Waals surface area contributed by atoms with E-state index in [1.54, 1.807) is 41.8 Å². The summed E-state index contributed by atoms with van der Waals surface area (Å²) in [5.41, 5.74) is 1.03. The van der Waals surface area contributed by atoms with Gasteiger partial charge in [-0.1, -0.05) is 39.7 Å². The van der Waals surface area contributed by atoms with Crippen LogP contribution in [-0.4, -0.2) is 82.4 Å². The molecule has 2 aromatic rings. The van der Waals surface area contributed by atoms with E-state index in [4.69, 9.17) is 0 Å². The van der Waals surface area contributed by atoms with Gasteiger partial charge in [0, 0.05) is 63.6 Å². The Labute approximate surface area is 266 Å². The minimum absolute atomic E-state index is 0.0222. The summed E-state index contributed by atoms with van der Waals surface area (Å²) in [4.78, 5) is 56.9. The maximum Gasteiger partial charge on any atom is 0.245 e. The molecule has 2 aliphatic rings. The number of aromatic nitrogens is 2. The lowest BCUT2D eigenvalue weighted by Crippen LogP contribution is -2.55. The summed E-state index contributed by atoms with van der Waals surface area (Å²) in [6, 6.07) is 5.35. The number of nitrogens with zero attached hydrogens (tertiary/aromatic N) is 4. The first-order valence-corrected chi connectivity index (χ1v) is 16.4. The Balaban J connectivity index is 1.52. The van der Waals surface area contributed by atoms with Gasteiger partial charge in [0.15, 0.2) is 5.78 Å². The molecule has 0 radical (unpaired) electrons. The first kappa shape index (κ1) is 34.3. The first-order chi connectivity index (χ1) is 21.5. The molecule has 2 heterocycles.